The maximum atomic E-state index is 12.9. The fourth-order valence-corrected chi connectivity index (χ4v) is 2.29. The molecule has 26 heavy (non-hydrogen) atoms. The van der Waals surface area contributed by atoms with Crippen LogP contribution in [0.3, 0.4) is 0 Å². The van der Waals surface area contributed by atoms with Crippen molar-refractivity contribution in [2.75, 3.05) is 20.8 Å². The minimum Gasteiger partial charge on any atom is -0.493 e. The fraction of sp³-hybridized carbons (Fsp3) is 0.316. The van der Waals surface area contributed by atoms with E-state index in [4.69, 9.17) is 9.47 Å². The average molecular weight is 473 g/mol. The molecule has 2 aromatic carbocycles. The van der Waals surface area contributed by atoms with Gasteiger partial charge in [0.25, 0.3) is 0 Å². The van der Waals surface area contributed by atoms with Crippen molar-refractivity contribution in [3.63, 3.8) is 0 Å². The topological polar surface area (TPSA) is 54.9 Å². The number of hydrogen-bond acceptors (Lipinski definition) is 3. The van der Waals surface area contributed by atoms with Gasteiger partial charge in [-0.1, -0.05) is 18.2 Å². The molecule has 2 N–H and O–H groups in total. The maximum Gasteiger partial charge on any atom is 0.191 e. The van der Waals surface area contributed by atoms with E-state index in [-0.39, 0.29) is 29.8 Å². The number of guanidine groups is 1. The van der Waals surface area contributed by atoms with E-state index in [9.17, 15) is 4.39 Å². The predicted molar refractivity (Wildman–Crippen MR) is 113 cm³/mol. The van der Waals surface area contributed by atoms with Crippen LogP contribution in [0.1, 0.15) is 18.1 Å². The van der Waals surface area contributed by atoms with Gasteiger partial charge in [0.05, 0.1) is 13.7 Å². The summed E-state index contributed by atoms with van der Waals surface area (Å²) in [5.74, 6) is 1.86. The summed E-state index contributed by atoms with van der Waals surface area (Å²) in [5, 5.41) is 6.44. The Balaban J connectivity index is 0.00000338. The average Bonchev–Trinajstić information content (AvgIpc) is 2.64. The van der Waals surface area contributed by atoms with Crippen LogP contribution in [0.5, 0.6) is 11.5 Å². The first-order chi connectivity index (χ1) is 12.2. The highest BCUT2D eigenvalue weighted by atomic mass is 127. The van der Waals surface area contributed by atoms with E-state index in [1.807, 2.05) is 25.1 Å². The van der Waals surface area contributed by atoms with Crippen LogP contribution in [0.4, 0.5) is 4.39 Å². The van der Waals surface area contributed by atoms with Crippen molar-refractivity contribution < 1.29 is 13.9 Å². The second-order valence-electron chi connectivity index (χ2n) is 5.32. The van der Waals surface area contributed by atoms with Crippen LogP contribution in [-0.4, -0.2) is 26.7 Å². The first-order valence-electron chi connectivity index (χ1n) is 8.15. The molecule has 142 valence electrons. The van der Waals surface area contributed by atoms with Crippen molar-refractivity contribution in [3.8, 4) is 11.5 Å². The molecule has 0 spiro atoms. The molecule has 0 aliphatic heterocycles. The van der Waals surface area contributed by atoms with Crippen LogP contribution in [0.25, 0.3) is 0 Å². The third-order valence-electron chi connectivity index (χ3n) is 3.58. The van der Waals surface area contributed by atoms with Crippen molar-refractivity contribution in [2.45, 2.75) is 20.0 Å². The summed E-state index contributed by atoms with van der Waals surface area (Å²) in [5.41, 5.74) is 2.03. The molecule has 0 fully saturated rings. The lowest BCUT2D eigenvalue weighted by Gasteiger charge is -2.14. The standard InChI is InChI=1S/C19H24FN3O2.HI/c1-4-25-18-11-15(7-10-17(18)24-3)13-23-19(21-2)22-12-14-5-8-16(20)9-6-14;/h5-11H,4,12-13H2,1-3H3,(H2,21,22,23);1H. The highest BCUT2D eigenvalue weighted by Gasteiger charge is 2.06. The van der Waals surface area contributed by atoms with Gasteiger partial charge in [-0.25, -0.2) is 4.39 Å². The van der Waals surface area contributed by atoms with E-state index in [1.54, 1.807) is 26.3 Å². The van der Waals surface area contributed by atoms with Crippen molar-refractivity contribution in [1.82, 2.24) is 10.6 Å². The molecular formula is C19H25FIN3O2. The molecule has 0 bridgehead atoms. The zero-order valence-corrected chi connectivity index (χ0v) is 17.5. The Morgan fingerprint density at radius 3 is 2.19 bits per heavy atom. The lowest BCUT2D eigenvalue weighted by Crippen LogP contribution is -2.36. The lowest BCUT2D eigenvalue weighted by molar-refractivity contribution is 0.310. The van der Waals surface area contributed by atoms with Gasteiger partial charge in [-0.05, 0) is 42.3 Å². The van der Waals surface area contributed by atoms with Gasteiger partial charge in [0, 0.05) is 20.1 Å². The number of methoxy groups -OCH3 is 1. The van der Waals surface area contributed by atoms with Crippen LogP contribution < -0.4 is 20.1 Å². The zero-order valence-electron chi connectivity index (χ0n) is 15.2. The van der Waals surface area contributed by atoms with Crippen molar-refractivity contribution >= 4 is 29.9 Å². The third-order valence-corrected chi connectivity index (χ3v) is 3.58. The number of halogens is 2. The van der Waals surface area contributed by atoms with Crippen LogP contribution in [0.2, 0.25) is 0 Å². The smallest absolute Gasteiger partial charge is 0.191 e. The van der Waals surface area contributed by atoms with Gasteiger partial charge in [-0.3, -0.25) is 4.99 Å². The Labute approximate surface area is 171 Å². The number of rotatable bonds is 7. The highest BCUT2D eigenvalue weighted by Crippen LogP contribution is 2.27. The normalized spacial score (nSPS) is 10.7. The molecule has 7 heteroatoms. The molecule has 0 unspecified atom stereocenters. The van der Waals surface area contributed by atoms with Crippen molar-refractivity contribution in [3.05, 3.63) is 59.4 Å². The van der Waals surface area contributed by atoms with Crippen LogP contribution >= 0.6 is 24.0 Å². The first kappa shape index (κ1) is 22.0. The zero-order chi connectivity index (χ0) is 18.1. The Hall–Kier alpha value is -2.03. The molecule has 0 heterocycles. The van der Waals surface area contributed by atoms with E-state index in [2.05, 4.69) is 15.6 Å². The van der Waals surface area contributed by atoms with Gasteiger partial charge in [0.1, 0.15) is 5.82 Å². The molecule has 0 saturated carbocycles. The molecule has 0 radical (unpaired) electrons. The SMILES string of the molecule is CCOc1cc(CNC(=NC)NCc2ccc(F)cc2)ccc1OC.I. The van der Waals surface area contributed by atoms with Gasteiger partial charge in [-0.2, -0.15) is 0 Å². The molecule has 0 saturated heterocycles. The van der Waals surface area contributed by atoms with E-state index in [1.165, 1.54) is 12.1 Å². The molecule has 5 nitrogen and oxygen atoms in total. The summed E-state index contributed by atoms with van der Waals surface area (Å²) >= 11 is 0. The van der Waals surface area contributed by atoms with Crippen molar-refractivity contribution in [2.24, 2.45) is 4.99 Å². The van der Waals surface area contributed by atoms with E-state index in [0.29, 0.717) is 31.4 Å². The number of ether oxygens (including phenoxy) is 2. The second kappa shape index (κ2) is 11.6. The Bertz CT molecular complexity index is 708. The summed E-state index contributed by atoms with van der Waals surface area (Å²) in [6.45, 7) is 3.67. The number of aliphatic imine (C=N–C) groups is 1. The molecule has 0 atom stereocenters. The molecule has 2 aromatic rings. The van der Waals surface area contributed by atoms with Crippen molar-refractivity contribution in [1.29, 1.82) is 0 Å². The molecule has 2 rings (SSSR count). The maximum absolute atomic E-state index is 12.9. The Morgan fingerprint density at radius 1 is 1.00 bits per heavy atom. The molecule has 0 aliphatic carbocycles. The summed E-state index contributed by atoms with van der Waals surface area (Å²) < 4.78 is 23.8. The van der Waals surface area contributed by atoms with Gasteiger partial charge < -0.3 is 20.1 Å². The number of hydrogen-bond donors (Lipinski definition) is 2. The monoisotopic (exact) mass is 473 g/mol. The van der Waals surface area contributed by atoms with E-state index in [0.717, 1.165) is 16.9 Å². The third kappa shape index (κ3) is 6.70. The minimum atomic E-state index is -0.240. The van der Waals surface area contributed by atoms with Crippen LogP contribution in [0, 0.1) is 5.82 Å². The summed E-state index contributed by atoms with van der Waals surface area (Å²) in [7, 11) is 3.33. The van der Waals surface area contributed by atoms with Crippen LogP contribution in [-0.2, 0) is 13.1 Å². The second-order valence-corrected chi connectivity index (χ2v) is 5.32. The van der Waals surface area contributed by atoms with Gasteiger partial charge in [0.2, 0.25) is 0 Å². The number of nitrogens with zero attached hydrogens (tertiary/aromatic N) is 1. The lowest BCUT2D eigenvalue weighted by atomic mass is 10.2. The quantitative estimate of drug-likeness (QED) is 0.366. The summed E-state index contributed by atoms with van der Waals surface area (Å²) in [6.07, 6.45) is 0. The van der Waals surface area contributed by atoms with Gasteiger partial charge in [0.15, 0.2) is 17.5 Å². The van der Waals surface area contributed by atoms with Crippen LogP contribution in [0.15, 0.2) is 47.5 Å². The number of benzene rings is 2. The molecular weight excluding hydrogens is 448 g/mol. The Morgan fingerprint density at radius 2 is 1.62 bits per heavy atom. The minimum absolute atomic E-state index is 0. The summed E-state index contributed by atoms with van der Waals surface area (Å²) in [6, 6.07) is 12.2. The Kier molecular flexibility index (Phi) is 9.79. The number of nitrogens with one attached hydrogen (secondary N) is 2. The largest absolute Gasteiger partial charge is 0.493 e. The van der Waals surface area contributed by atoms with Gasteiger partial charge >= 0.3 is 0 Å². The van der Waals surface area contributed by atoms with Gasteiger partial charge in [-0.15, -0.1) is 24.0 Å². The summed E-state index contributed by atoms with van der Waals surface area (Å²) in [4.78, 5) is 4.19. The predicted octanol–water partition coefficient (Wildman–Crippen LogP) is 3.72. The highest BCUT2D eigenvalue weighted by molar-refractivity contribution is 14.0. The van der Waals surface area contributed by atoms with E-state index < -0.39 is 0 Å². The first-order valence-corrected chi connectivity index (χ1v) is 8.15. The fourth-order valence-electron chi connectivity index (χ4n) is 2.29. The molecule has 0 aromatic heterocycles. The molecule has 0 aliphatic rings. The van der Waals surface area contributed by atoms with E-state index >= 15 is 0 Å². The molecule has 0 amide bonds.